The molecule has 144 valence electrons. The summed E-state index contributed by atoms with van der Waals surface area (Å²) in [7, 11) is 0. The van der Waals surface area contributed by atoms with Crippen LogP contribution in [0.1, 0.15) is 12.5 Å². The summed E-state index contributed by atoms with van der Waals surface area (Å²) in [6, 6.07) is 13.1. The number of amides is 1. The summed E-state index contributed by atoms with van der Waals surface area (Å²) in [5.74, 6) is -0.110. The lowest BCUT2D eigenvalue weighted by Crippen LogP contribution is -2.43. The van der Waals surface area contributed by atoms with Crippen LogP contribution in [0.3, 0.4) is 0 Å². The van der Waals surface area contributed by atoms with Crippen molar-refractivity contribution in [1.29, 1.82) is 0 Å². The summed E-state index contributed by atoms with van der Waals surface area (Å²) in [6.07, 6.45) is -4.32. The van der Waals surface area contributed by atoms with Gasteiger partial charge in [0.2, 0.25) is 5.91 Å². The summed E-state index contributed by atoms with van der Waals surface area (Å²) in [6.45, 7) is 4.28. The van der Waals surface area contributed by atoms with Gasteiger partial charge in [-0.3, -0.25) is 4.79 Å². The first-order valence-electron chi connectivity index (χ1n) is 8.54. The van der Waals surface area contributed by atoms with E-state index in [9.17, 15) is 18.0 Å². The summed E-state index contributed by atoms with van der Waals surface area (Å²) < 4.78 is 40.8. The number of rotatable bonds is 4. The Morgan fingerprint density at radius 2 is 1.70 bits per heavy atom. The number of halogens is 3. The molecule has 2 aromatic carbocycles. The lowest BCUT2D eigenvalue weighted by Gasteiger charge is -2.35. The predicted octanol–water partition coefficient (Wildman–Crippen LogP) is 4.49. The van der Waals surface area contributed by atoms with Crippen molar-refractivity contribution in [2.75, 3.05) is 36.4 Å². The normalized spacial score (nSPS) is 15.6. The Labute approximate surface area is 160 Å². The van der Waals surface area contributed by atoms with Crippen LogP contribution in [0.2, 0.25) is 0 Å². The van der Waals surface area contributed by atoms with Gasteiger partial charge < -0.3 is 10.2 Å². The monoisotopic (exact) mass is 395 g/mol. The zero-order valence-electron chi connectivity index (χ0n) is 14.8. The number of nitrogens with zero attached hydrogens (tertiary/aromatic N) is 2. The lowest BCUT2D eigenvalue weighted by atomic mass is 10.1. The Bertz CT molecular complexity index is 788. The first-order chi connectivity index (χ1) is 12.8. The van der Waals surface area contributed by atoms with Crippen molar-refractivity contribution in [2.24, 2.45) is 0 Å². The second-order valence-corrected chi connectivity index (χ2v) is 7.43. The number of hydrogen-bond acceptors (Lipinski definition) is 4. The first kappa shape index (κ1) is 19.6. The zero-order valence-corrected chi connectivity index (χ0v) is 15.6. The van der Waals surface area contributed by atoms with Crippen molar-refractivity contribution in [3.05, 3.63) is 54.1 Å². The minimum atomic E-state index is -4.32. The average Bonchev–Trinajstić information content (AvgIpc) is 2.63. The van der Waals surface area contributed by atoms with E-state index in [0.717, 1.165) is 29.7 Å². The van der Waals surface area contributed by atoms with Gasteiger partial charge in [-0.05, 0) is 54.4 Å². The van der Waals surface area contributed by atoms with E-state index in [1.54, 1.807) is 18.0 Å². The second-order valence-electron chi connectivity index (χ2n) is 6.26. The van der Waals surface area contributed by atoms with E-state index < -0.39 is 11.7 Å². The molecule has 8 heteroatoms. The zero-order chi connectivity index (χ0) is 19.4. The lowest BCUT2D eigenvalue weighted by molar-refractivity contribution is -0.137. The molecule has 0 unspecified atom stereocenters. The Morgan fingerprint density at radius 3 is 2.30 bits per heavy atom. The van der Waals surface area contributed by atoms with E-state index in [-0.39, 0.29) is 5.91 Å². The van der Waals surface area contributed by atoms with Gasteiger partial charge in [-0.15, -0.1) is 0 Å². The van der Waals surface area contributed by atoms with Crippen LogP contribution in [0, 0.1) is 0 Å². The molecule has 0 radical (unpaired) electrons. The highest BCUT2D eigenvalue weighted by Crippen LogP contribution is 2.32. The molecule has 1 saturated heterocycles. The molecular weight excluding hydrogens is 375 g/mol. The van der Waals surface area contributed by atoms with Gasteiger partial charge in [0.15, 0.2) is 0 Å². The topological polar surface area (TPSA) is 35.6 Å². The Morgan fingerprint density at radius 1 is 1.04 bits per heavy atom. The van der Waals surface area contributed by atoms with E-state index in [4.69, 9.17) is 0 Å². The molecule has 0 bridgehead atoms. The van der Waals surface area contributed by atoms with Crippen molar-refractivity contribution in [1.82, 2.24) is 4.31 Å². The van der Waals surface area contributed by atoms with E-state index in [1.807, 2.05) is 29.2 Å². The van der Waals surface area contributed by atoms with Crippen LogP contribution in [-0.2, 0) is 11.0 Å². The highest BCUT2D eigenvalue weighted by molar-refractivity contribution is 7.97. The summed E-state index contributed by atoms with van der Waals surface area (Å²) >= 11 is 1.61. The van der Waals surface area contributed by atoms with Crippen LogP contribution in [-0.4, -0.2) is 36.4 Å². The fourth-order valence-corrected chi connectivity index (χ4v) is 3.77. The molecule has 0 aromatic heterocycles. The maximum atomic E-state index is 12.9. The predicted molar refractivity (Wildman–Crippen MR) is 102 cm³/mol. The molecule has 0 aliphatic carbocycles. The molecule has 1 fully saturated rings. The molecule has 3 rings (SSSR count). The Hall–Kier alpha value is -2.19. The molecule has 0 saturated carbocycles. The molecular formula is C19H20F3N3OS. The van der Waals surface area contributed by atoms with Gasteiger partial charge >= 0.3 is 6.18 Å². The summed E-state index contributed by atoms with van der Waals surface area (Å²) in [5, 5.41) is 2.73. The standard InChI is InChI=1S/C19H20F3N3OS/c1-14(26)23-16-5-7-18(8-6-16)27-25-11-9-24(10-12-25)17-4-2-3-15(13-17)19(20,21)22/h2-8,13H,9-12H2,1H3,(H,23,26). The molecule has 1 amide bonds. The maximum absolute atomic E-state index is 12.9. The summed E-state index contributed by atoms with van der Waals surface area (Å²) in [4.78, 5) is 14.1. The number of anilines is 2. The number of piperazine rings is 1. The smallest absolute Gasteiger partial charge is 0.369 e. The molecule has 1 aliphatic rings. The fraction of sp³-hybridized carbons (Fsp3) is 0.316. The third kappa shape index (κ3) is 5.40. The van der Waals surface area contributed by atoms with E-state index in [1.165, 1.54) is 19.1 Å². The van der Waals surface area contributed by atoms with Gasteiger partial charge in [-0.2, -0.15) is 13.2 Å². The number of nitrogens with one attached hydrogen (secondary N) is 1. The van der Waals surface area contributed by atoms with Crippen molar-refractivity contribution in [3.63, 3.8) is 0 Å². The van der Waals surface area contributed by atoms with Gasteiger partial charge in [-0.25, -0.2) is 4.31 Å². The SMILES string of the molecule is CC(=O)Nc1ccc(SN2CCN(c3cccc(C(F)(F)F)c3)CC2)cc1. The van der Waals surface area contributed by atoms with Crippen LogP contribution in [0.25, 0.3) is 0 Å². The minimum absolute atomic E-state index is 0.110. The number of alkyl halides is 3. The van der Waals surface area contributed by atoms with Crippen molar-refractivity contribution >= 4 is 29.2 Å². The number of carbonyl (C=O) groups is 1. The van der Waals surface area contributed by atoms with Gasteiger partial charge in [0.1, 0.15) is 0 Å². The molecule has 4 nitrogen and oxygen atoms in total. The average molecular weight is 395 g/mol. The van der Waals surface area contributed by atoms with Gasteiger partial charge in [0.05, 0.1) is 5.56 Å². The maximum Gasteiger partial charge on any atom is 0.416 e. The van der Waals surface area contributed by atoms with E-state index in [2.05, 4.69) is 9.62 Å². The van der Waals surface area contributed by atoms with Crippen LogP contribution < -0.4 is 10.2 Å². The molecule has 1 aliphatic heterocycles. The molecule has 0 spiro atoms. The highest BCUT2D eigenvalue weighted by Gasteiger charge is 2.31. The van der Waals surface area contributed by atoms with Gasteiger partial charge in [0, 0.05) is 49.4 Å². The highest BCUT2D eigenvalue weighted by atomic mass is 32.2. The molecule has 2 aromatic rings. The largest absolute Gasteiger partial charge is 0.416 e. The molecule has 1 N–H and O–H groups in total. The minimum Gasteiger partial charge on any atom is -0.369 e. The summed E-state index contributed by atoms with van der Waals surface area (Å²) in [5.41, 5.74) is 0.742. The van der Waals surface area contributed by atoms with Crippen LogP contribution in [0.5, 0.6) is 0 Å². The van der Waals surface area contributed by atoms with Crippen molar-refractivity contribution in [2.45, 2.75) is 18.0 Å². The fourth-order valence-electron chi connectivity index (χ4n) is 2.87. The first-order valence-corrected chi connectivity index (χ1v) is 9.31. The molecule has 27 heavy (non-hydrogen) atoms. The van der Waals surface area contributed by atoms with Crippen LogP contribution >= 0.6 is 11.9 Å². The van der Waals surface area contributed by atoms with Crippen molar-refractivity contribution in [3.8, 4) is 0 Å². The van der Waals surface area contributed by atoms with Gasteiger partial charge in [-0.1, -0.05) is 6.07 Å². The van der Waals surface area contributed by atoms with Crippen LogP contribution in [0.4, 0.5) is 24.5 Å². The molecule has 1 heterocycles. The van der Waals surface area contributed by atoms with Crippen molar-refractivity contribution < 1.29 is 18.0 Å². The Kier molecular flexibility index (Phi) is 5.96. The third-order valence-corrected chi connectivity index (χ3v) is 5.29. The number of hydrogen-bond donors (Lipinski definition) is 1. The third-order valence-electron chi connectivity index (χ3n) is 4.19. The Balaban J connectivity index is 1.55. The number of carbonyl (C=O) groups excluding carboxylic acids is 1. The number of benzene rings is 2. The quantitative estimate of drug-likeness (QED) is 0.774. The van der Waals surface area contributed by atoms with Gasteiger partial charge in [0.25, 0.3) is 0 Å². The van der Waals surface area contributed by atoms with E-state index in [0.29, 0.717) is 18.8 Å². The molecule has 0 atom stereocenters. The second kappa shape index (κ2) is 8.22. The van der Waals surface area contributed by atoms with Crippen LogP contribution in [0.15, 0.2) is 53.4 Å². The van der Waals surface area contributed by atoms with E-state index >= 15 is 0 Å².